The van der Waals surface area contributed by atoms with E-state index in [9.17, 15) is 15.1 Å². The number of carbonyl (C=O) groups excluding carboxylic acids is 1. The monoisotopic (exact) mass is 417 g/mol. The van der Waals surface area contributed by atoms with Crippen molar-refractivity contribution < 1.29 is 15.1 Å². The van der Waals surface area contributed by atoms with Crippen LogP contribution in [0.4, 0.5) is 0 Å². The molecule has 0 aromatic heterocycles. The van der Waals surface area contributed by atoms with Crippen LogP contribution in [0.3, 0.4) is 0 Å². The molecule has 0 bridgehead atoms. The zero-order valence-electron chi connectivity index (χ0n) is 19.5. The molecular weight excluding hydrogens is 374 g/mol. The summed E-state index contributed by atoms with van der Waals surface area (Å²) >= 11 is 0. The van der Waals surface area contributed by atoms with Crippen LogP contribution in [0, 0.1) is 51.2 Å². The maximum absolute atomic E-state index is 12.8. The summed E-state index contributed by atoms with van der Waals surface area (Å²) in [5.41, 5.74) is 2.42. The number of aliphatic hydroxyl groups is 1. The summed E-state index contributed by atoms with van der Waals surface area (Å²) in [6.45, 7) is 9.76. The zero-order valence-corrected chi connectivity index (χ0v) is 19.5. The van der Waals surface area contributed by atoms with Gasteiger partial charge in [-0.1, -0.05) is 34.1 Å². The van der Waals surface area contributed by atoms with E-state index in [1.165, 1.54) is 32.1 Å². The van der Waals surface area contributed by atoms with Crippen LogP contribution < -0.4 is 5.48 Å². The smallest absolute Gasteiger partial charge is 0.249 e. The Bertz CT molecular complexity index is 721. The molecule has 3 N–H and O–H groups in total. The first kappa shape index (κ1) is 21.2. The lowest BCUT2D eigenvalue weighted by atomic mass is 9.37. The van der Waals surface area contributed by atoms with Gasteiger partial charge in [0.2, 0.25) is 5.91 Å². The van der Waals surface area contributed by atoms with E-state index in [1.807, 2.05) is 0 Å². The third-order valence-corrected chi connectivity index (χ3v) is 12.1. The quantitative estimate of drug-likeness (QED) is 0.399. The SMILES string of the molecule is CC1(C)C(O)CCC2(C)C3CCC4C5CCCC5(C(=O)NO)CC[C@@]4(C)C3CCC12. The molecule has 0 spiro atoms. The standard InChI is InChI=1S/C26H43NO3/c1-23(2)20-10-9-16-17(25(20,4)13-11-21(23)28)7-8-18-19-6-5-12-26(19,22(29)27-30)15-14-24(16,18)3/h16-21,28,30H,5-15H2,1-4H3,(H,27,29)/t16?,17?,18?,19?,20?,21?,24-,25?,26?/m0/s1. The summed E-state index contributed by atoms with van der Waals surface area (Å²) in [5.74, 6) is 3.08. The van der Waals surface area contributed by atoms with E-state index in [0.29, 0.717) is 28.6 Å². The number of amides is 1. The summed E-state index contributed by atoms with van der Waals surface area (Å²) in [6, 6.07) is 0. The van der Waals surface area contributed by atoms with Crippen LogP contribution in [0.25, 0.3) is 0 Å². The minimum Gasteiger partial charge on any atom is -0.393 e. The highest BCUT2D eigenvalue weighted by atomic mass is 16.5. The number of fused-ring (bicyclic) bond motifs is 7. The van der Waals surface area contributed by atoms with Gasteiger partial charge < -0.3 is 5.11 Å². The molecule has 0 aliphatic heterocycles. The molecular formula is C26H43NO3. The average Bonchev–Trinajstić information content (AvgIpc) is 3.16. The Morgan fingerprint density at radius 3 is 2.10 bits per heavy atom. The number of aliphatic hydroxyl groups excluding tert-OH is 1. The van der Waals surface area contributed by atoms with Gasteiger partial charge in [0.1, 0.15) is 0 Å². The van der Waals surface area contributed by atoms with Crippen LogP contribution in [0.2, 0.25) is 0 Å². The Morgan fingerprint density at radius 2 is 1.40 bits per heavy atom. The highest BCUT2D eigenvalue weighted by Crippen LogP contribution is 2.72. The van der Waals surface area contributed by atoms with Crippen molar-refractivity contribution in [2.24, 2.45) is 51.2 Å². The topological polar surface area (TPSA) is 69.6 Å². The van der Waals surface area contributed by atoms with Gasteiger partial charge in [-0.25, -0.2) is 5.48 Å². The van der Waals surface area contributed by atoms with E-state index >= 15 is 0 Å². The highest BCUT2D eigenvalue weighted by molar-refractivity contribution is 5.82. The Labute approximate surface area is 182 Å². The molecule has 170 valence electrons. The van der Waals surface area contributed by atoms with Crippen molar-refractivity contribution in [3.63, 3.8) is 0 Å². The van der Waals surface area contributed by atoms with Gasteiger partial charge in [0.05, 0.1) is 11.5 Å². The molecule has 1 amide bonds. The summed E-state index contributed by atoms with van der Waals surface area (Å²) in [5, 5.41) is 20.3. The number of rotatable bonds is 1. The molecule has 8 unspecified atom stereocenters. The summed E-state index contributed by atoms with van der Waals surface area (Å²) in [6.07, 6.45) is 12.4. The lowest BCUT2D eigenvalue weighted by Crippen LogP contribution is -2.63. The third-order valence-electron chi connectivity index (χ3n) is 12.1. The van der Waals surface area contributed by atoms with Gasteiger partial charge in [0.25, 0.3) is 0 Å². The van der Waals surface area contributed by atoms with Gasteiger partial charge in [-0.3, -0.25) is 10.0 Å². The first-order valence-corrected chi connectivity index (χ1v) is 12.7. The van der Waals surface area contributed by atoms with E-state index in [1.54, 1.807) is 0 Å². The Kier molecular flexibility index (Phi) is 4.74. The second-order valence-electron chi connectivity index (χ2n) is 13.0. The van der Waals surface area contributed by atoms with Gasteiger partial charge in [0.15, 0.2) is 0 Å². The molecule has 4 heteroatoms. The van der Waals surface area contributed by atoms with E-state index in [4.69, 9.17) is 0 Å². The molecule has 0 heterocycles. The first-order chi connectivity index (χ1) is 14.1. The second-order valence-corrected chi connectivity index (χ2v) is 13.0. The lowest BCUT2D eigenvalue weighted by molar-refractivity contribution is -0.207. The summed E-state index contributed by atoms with van der Waals surface area (Å²) < 4.78 is 0. The van der Waals surface area contributed by atoms with Crippen LogP contribution in [0.15, 0.2) is 0 Å². The molecule has 5 aliphatic rings. The zero-order chi connectivity index (χ0) is 21.5. The number of nitrogens with one attached hydrogen (secondary N) is 1. The molecule has 9 atom stereocenters. The van der Waals surface area contributed by atoms with E-state index in [2.05, 4.69) is 33.2 Å². The molecule has 5 saturated carbocycles. The van der Waals surface area contributed by atoms with Crippen molar-refractivity contribution >= 4 is 5.91 Å². The number of hydrogen-bond acceptors (Lipinski definition) is 3. The molecule has 0 aromatic carbocycles. The summed E-state index contributed by atoms with van der Waals surface area (Å²) in [4.78, 5) is 12.8. The fourth-order valence-electron chi connectivity index (χ4n) is 10.5. The van der Waals surface area contributed by atoms with Crippen LogP contribution in [-0.2, 0) is 4.79 Å². The largest absolute Gasteiger partial charge is 0.393 e. The van der Waals surface area contributed by atoms with E-state index in [-0.39, 0.29) is 22.8 Å². The van der Waals surface area contributed by atoms with Crippen LogP contribution in [0.1, 0.15) is 98.3 Å². The van der Waals surface area contributed by atoms with Crippen molar-refractivity contribution in [1.82, 2.24) is 5.48 Å². The molecule has 0 aromatic rings. The number of carbonyl (C=O) groups is 1. The van der Waals surface area contributed by atoms with Crippen molar-refractivity contribution in [2.45, 2.75) is 104 Å². The average molecular weight is 418 g/mol. The van der Waals surface area contributed by atoms with Gasteiger partial charge >= 0.3 is 0 Å². The third kappa shape index (κ3) is 2.50. The fraction of sp³-hybridized carbons (Fsp3) is 0.962. The van der Waals surface area contributed by atoms with Gasteiger partial charge in [-0.05, 0) is 110 Å². The van der Waals surface area contributed by atoms with Crippen LogP contribution in [-0.4, -0.2) is 22.3 Å². The molecule has 5 fully saturated rings. The van der Waals surface area contributed by atoms with Crippen molar-refractivity contribution in [3.05, 3.63) is 0 Å². The molecule has 0 saturated heterocycles. The highest BCUT2D eigenvalue weighted by Gasteiger charge is 2.66. The van der Waals surface area contributed by atoms with E-state index < -0.39 is 0 Å². The molecule has 4 nitrogen and oxygen atoms in total. The Balaban J connectivity index is 1.47. The summed E-state index contributed by atoms with van der Waals surface area (Å²) in [7, 11) is 0. The Morgan fingerprint density at radius 1 is 0.767 bits per heavy atom. The van der Waals surface area contributed by atoms with Crippen molar-refractivity contribution in [1.29, 1.82) is 0 Å². The maximum atomic E-state index is 12.8. The second kappa shape index (κ2) is 6.70. The Hall–Kier alpha value is -0.610. The fourth-order valence-corrected chi connectivity index (χ4v) is 10.5. The molecule has 30 heavy (non-hydrogen) atoms. The van der Waals surface area contributed by atoms with Gasteiger partial charge in [-0.15, -0.1) is 0 Å². The molecule has 5 aliphatic carbocycles. The first-order valence-electron chi connectivity index (χ1n) is 12.7. The number of hydrogen-bond donors (Lipinski definition) is 3. The normalized spacial score (nSPS) is 54.3. The molecule has 0 radical (unpaired) electrons. The van der Waals surface area contributed by atoms with Crippen molar-refractivity contribution in [2.75, 3.05) is 0 Å². The van der Waals surface area contributed by atoms with Crippen molar-refractivity contribution in [3.8, 4) is 0 Å². The van der Waals surface area contributed by atoms with Crippen LogP contribution in [0.5, 0.6) is 0 Å². The molecule has 5 rings (SSSR count). The minimum absolute atomic E-state index is 0.0160. The maximum Gasteiger partial charge on any atom is 0.249 e. The van der Waals surface area contributed by atoms with Gasteiger partial charge in [-0.2, -0.15) is 0 Å². The van der Waals surface area contributed by atoms with Gasteiger partial charge in [0, 0.05) is 0 Å². The predicted molar refractivity (Wildman–Crippen MR) is 117 cm³/mol. The number of hydroxylamine groups is 1. The lowest BCUT2D eigenvalue weighted by Gasteiger charge is -2.68. The minimum atomic E-state index is -0.316. The van der Waals surface area contributed by atoms with E-state index in [0.717, 1.165) is 50.4 Å². The predicted octanol–water partition coefficient (Wildman–Crippen LogP) is 5.32. The van der Waals surface area contributed by atoms with Crippen LogP contribution >= 0.6 is 0 Å².